The van der Waals surface area contributed by atoms with Crippen LogP contribution in [0.25, 0.3) is 0 Å². The van der Waals surface area contributed by atoms with Crippen LogP contribution in [0.3, 0.4) is 0 Å². The van der Waals surface area contributed by atoms with Gasteiger partial charge in [0, 0.05) is 21.0 Å². The number of carbonyl (C=O) groups excluding carboxylic acids is 4. The van der Waals surface area contributed by atoms with Crippen LogP contribution in [0.2, 0.25) is 0 Å². The molecular formula is C28H42O8S2. The Labute approximate surface area is 235 Å². The highest BCUT2D eigenvalue weighted by atomic mass is 32.2. The molecule has 38 heavy (non-hydrogen) atoms. The number of thioether (sulfide) groups is 2. The summed E-state index contributed by atoms with van der Waals surface area (Å²) in [5.74, 6) is -3.23. The summed E-state index contributed by atoms with van der Waals surface area (Å²) >= 11 is 2.96. The number of carbonyl (C=O) groups is 4. The topological polar surface area (TPSA) is 105 Å². The Hall–Kier alpha value is -2.20. The maximum Gasteiger partial charge on any atom is 0.321 e. The Balaban J connectivity index is 2.89. The second kappa shape index (κ2) is 16.0. The monoisotopic (exact) mass is 570 g/mol. The molecule has 1 aromatic carbocycles. The van der Waals surface area contributed by atoms with Crippen molar-refractivity contribution in [3.05, 3.63) is 35.4 Å². The van der Waals surface area contributed by atoms with Crippen molar-refractivity contribution < 1.29 is 38.1 Å². The first kappa shape index (κ1) is 33.8. The molecule has 0 N–H and O–H groups in total. The number of rotatable bonds is 16. The lowest BCUT2D eigenvalue weighted by Gasteiger charge is -2.31. The van der Waals surface area contributed by atoms with Gasteiger partial charge in [0.15, 0.2) is 11.8 Å². The van der Waals surface area contributed by atoms with Crippen molar-refractivity contribution in [3.8, 4) is 0 Å². The van der Waals surface area contributed by atoms with Gasteiger partial charge >= 0.3 is 23.9 Å². The zero-order chi connectivity index (χ0) is 28.9. The standard InChI is InChI=1S/C28H42O8S2/c1-9-33-23(29)21(24(30)34-10-2)27(5,6)37-17-19-13-15-20(16-14-19)18-38-28(7,8)22(25(31)35-11-3)26(32)36-12-4/h13-16,21-22H,9-12,17-18H2,1-8H3. The quantitative estimate of drug-likeness (QED) is 0.150. The van der Waals surface area contributed by atoms with Crippen molar-refractivity contribution in [1.82, 2.24) is 0 Å². The van der Waals surface area contributed by atoms with Gasteiger partial charge < -0.3 is 18.9 Å². The van der Waals surface area contributed by atoms with Gasteiger partial charge in [0.25, 0.3) is 0 Å². The van der Waals surface area contributed by atoms with Crippen LogP contribution in [0.4, 0.5) is 0 Å². The normalized spacial score (nSPS) is 11.8. The minimum absolute atomic E-state index is 0.187. The molecule has 0 heterocycles. The van der Waals surface area contributed by atoms with Crippen molar-refractivity contribution >= 4 is 47.4 Å². The molecule has 214 valence electrons. The summed E-state index contributed by atoms with van der Waals surface area (Å²) in [6.45, 7) is 14.9. The number of hydrogen-bond donors (Lipinski definition) is 0. The van der Waals surface area contributed by atoms with Gasteiger partial charge in [-0.05, 0) is 66.5 Å². The van der Waals surface area contributed by atoms with E-state index in [9.17, 15) is 19.2 Å². The minimum Gasteiger partial charge on any atom is -0.465 e. The predicted molar refractivity (Wildman–Crippen MR) is 151 cm³/mol. The molecule has 0 bridgehead atoms. The Morgan fingerprint density at radius 3 is 1.03 bits per heavy atom. The average Bonchev–Trinajstić information content (AvgIpc) is 2.82. The lowest BCUT2D eigenvalue weighted by atomic mass is 9.95. The summed E-state index contributed by atoms with van der Waals surface area (Å²) in [5.41, 5.74) is 2.05. The van der Waals surface area contributed by atoms with E-state index in [0.29, 0.717) is 11.5 Å². The lowest BCUT2D eigenvalue weighted by Crippen LogP contribution is -2.42. The van der Waals surface area contributed by atoms with Gasteiger partial charge in [0.2, 0.25) is 0 Å². The largest absolute Gasteiger partial charge is 0.465 e. The van der Waals surface area contributed by atoms with Crippen molar-refractivity contribution in [2.75, 3.05) is 26.4 Å². The smallest absolute Gasteiger partial charge is 0.321 e. The Morgan fingerprint density at radius 2 is 0.816 bits per heavy atom. The van der Waals surface area contributed by atoms with E-state index in [4.69, 9.17) is 18.9 Å². The molecule has 0 saturated carbocycles. The van der Waals surface area contributed by atoms with E-state index < -0.39 is 45.2 Å². The second-order valence-electron chi connectivity index (χ2n) is 9.47. The first-order chi connectivity index (χ1) is 17.8. The van der Waals surface area contributed by atoms with Crippen molar-refractivity contribution in [3.63, 3.8) is 0 Å². The third kappa shape index (κ3) is 10.2. The van der Waals surface area contributed by atoms with Gasteiger partial charge in [-0.3, -0.25) is 19.2 Å². The Morgan fingerprint density at radius 1 is 0.579 bits per heavy atom. The SMILES string of the molecule is CCOC(=O)C(C(=O)OCC)C(C)(C)SCc1ccc(CSC(C)(C)C(C(=O)OCC)C(=O)OCC)cc1. The van der Waals surface area contributed by atoms with Crippen LogP contribution < -0.4 is 0 Å². The summed E-state index contributed by atoms with van der Waals surface area (Å²) in [6, 6.07) is 7.96. The molecule has 0 aliphatic carbocycles. The van der Waals surface area contributed by atoms with Crippen LogP contribution in [0, 0.1) is 11.8 Å². The van der Waals surface area contributed by atoms with Crippen molar-refractivity contribution in [2.45, 2.75) is 76.4 Å². The molecule has 1 aromatic rings. The third-order valence-corrected chi connectivity index (χ3v) is 8.64. The third-order valence-electron chi connectivity index (χ3n) is 5.72. The highest BCUT2D eigenvalue weighted by Gasteiger charge is 2.44. The minimum atomic E-state index is -1.03. The fraction of sp³-hybridized carbons (Fsp3) is 0.643. The van der Waals surface area contributed by atoms with Crippen LogP contribution in [-0.2, 0) is 49.6 Å². The molecule has 0 fully saturated rings. The first-order valence-corrected chi connectivity index (χ1v) is 14.8. The van der Waals surface area contributed by atoms with Gasteiger partial charge in [-0.1, -0.05) is 24.3 Å². The van der Waals surface area contributed by atoms with E-state index in [-0.39, 0.29) is 26.4 Å². The lowest BCUT2D eigenvalue weighted by molar-refractivity contribution is -0.164. The molecule has 0 atom stereocenters. The van der Waals surface area contributed by atoms with Crippen LogP contribution in [0.15, 0.2) is 24.3 Å². The number of benzene rings is 1. The molecule has 1 rings (SSSR count). The summed E-state index contributed by atoms with van der Waals surface area (Å²) < 4.78 is 19.1. The summed E-state index contributed by atoms with van der Waals surface area (Å²) in [5, 5.41) is 0. The van der Waals surface area contributed by atoms with Gasteiger partial charge in [-0.25, -0.2) is 0 Å². The maximum atomic E-state index is 12.5. The summed E-state index contributed by atoms with van der Waals surface area (Å²) in [6.07, 6.45) is 0. The first-order valence-electron chi connectivity index (χ1n) is 12.9. The molecule has 0 radical (unpaired) electrons. The van der Waals surface area contributed by atoms with Crippen molar-refractivity contribution in [1.29, 1.82) is 0 Å². The summed E-state index contributed by atoms with van der Waals surface area (Å²) in [7, 11) is 0. The van der Waals surface area contributed by atoms with Gasteiger partial charge in [0.05, 0.1) is 26.4 Å². The highest BCUT2D eigenvalue weighted by Crippen LogP contribution is 2.38. The van der Waals surface area contributed by atoms with E-state index in [1.807, 2.05) is 52.0 Å². The molecule has 0 aliphatic heterocycles. The summed E-state index contributed by atoms with van der Waals surface area (Å²) in [4.78, 5) is 50.1. The average molecular weight is 571 g/mol. The molecule has 0 spiro atoms. The van der Waals surface area contributed by atoms with Crippen LogP contribution in [0.1, 0.15) is 66.5 Å². The van der Waals surface area contributed by atoms with Crippen LogP contribution in [-0.4, -0.2) is 59.8 Å². The molecular weight excluding hydrogens is 528 g/mol. The molecule has 0 aromatic heterocycles. The zero-order valence-corrected chi connectivity index (χ0v) is 25.4. The molecule has 0 amide bonds. The number of ether oxygens (including phenoxy) is 4. The van der Waals surface area contributed by atoms with E-state index in [0.717, 1.165) is 11.1 Å². The highest BCUT2D eigenvalue weighted by molar-refractivity contribution is 8.00. The maximum absolute atomic E-state index is 12.5. The fourth-order valence-electron chi connectivity index (χ4n) is 3.67. The van der Waals surface area contributed by atoms with E-state index in [1.54, 1.807) is 27.7 Å². The fourth-order valence-corrected chi connectivity index (χ4v) is 5.85. The number of hydrogen-bond acceptors (Lipinski definition) is 10. The van der Waals surface area contributed by atoms with Crippen LogP contribution in [0.5, 0.6) is 0 Å². The van der Waals surface area contributed by atoms with Gasteiger partial charge in [-0.15, -0.1) is 23.5 Å². The second-order valence-corrected chi connectivity index (χ2v) is 12.7. The molecule has 0 unspecified atom stereocenters. The van der Waals surface area contributed by atoms with Crippen molar-refractivity contribution in [2.24, 2.45) is 11.8 Å². The van der Waals surface area contributed by atoms with E-state index in [1.165, 1.54) is 23.5 Å². The molecule has 8 nitrogen and oxygen atoms in total. The Kier molecular flexibility index (Phi) is 14.3. The molecule has 10 heteroatoms. The zero-order valence-electron chi connectivity index (χ0n) is 23.8. The van der Waals surface area contributed by atoms with Crippen LogP contribution >= 0.6 is 23.5 Å². The predicted octanol–water partition coefficient (Wildman–Crippen LogP) is 5.20. The molecule has 0 saturated heterocycles. The van der Waals surface area contributed by atoms with Gasteiger partial charge in [-0.2, -0.15) is 0 Å². The van der Waals surface area contributed by atoms with E-state index in [2.05, 4.69) is 0 Å². The van der Waals surface area contributed by atoms with E-state index >= 15 is 0 Å². The molecule has 0 aliphatic rings. The van der Waals surface area contributed by atoms with Gasteiger partial charge in [0.1, 0.15) is 0 Å². The number of esters is 4. The Bertz CT molecular complexity index is 816.